The van der Waals surface area contributed by atoms with E-state index in [0.717, 1.165) is 30.7 Å². The monoisotopic (exact) mass is 379 g/mol. The van der Waals surface area contributed by atoms with Crippen molar-refractivity contribution >= 4 is 47.2 Å². The molecule has 1 aromatic carbocycles. The van der Waals surface area contributed by atoms with Gasteiger partial charge in [-0.2, -0.15) is 4.98 Å². The van der Waals surface area contributed by atoms with Gasteiger partial charge >= 0.3 is 0 Å². The van der Waals surface area contributed by atoms with Crippen LogP contribution in [0, 0.1) is 0 Å². The van der Waals surface area contributed by atoms with Gasteiger partial charge in [0.2, 0.25) is 5.95 Å². The van der Waals surface area contributed by atoms with Crippen LogP contribution in [0.3, 0.4) is 0 Å². The molecule has 0 atom stereocenters. The average molecular weight is 380 g/mol. The Bertz CT molecular complexity index is 806. The Kier molecular flexibility index (Phi) is 7.97. The molecule has 0 spiro atoms. The van der Waals surface area contributed by atoms with Crippen LogP contribution in [0.2, 0.25) is 5.02 Å². The highest BCUT2D eigenvalue weighted by Gasteiger charge is 2.12. The van der Waals surface area contributed by atoms with Crippen LogP contribution in [-0.2, 0) is 16.1 Å². The summed E-state index contributed by atoms with van der Waals surface area (Å²) >= 11 is 6.19. The maximum atomic E-state index is 9.00. The second kappa shape index (κ2) is 9.94. The highest BCUT2D eigenvalue weighted by Crippen LogP contribution is 2.29. The lowest BCUT2D eigenvalue weighted by atomic mass is 10.1. The molecule has 1 aliphatic heterocycles. The number of aliphatic imine (C=N–C) groups is 1. The molecule has 10 heteroatoms. The fourth-order valence-corrected chi connectivity index (χ4v) is 2.12. The molecule has 0 fully saturated rings. The van der Waals surface area contributed by atoms with Gasteiger partial charge in [-0.25, -0.2) is 4.98 Å². The number of nitrogens with two attached hydrogens (primary N) is 1. The van der Waals surface area contributed by atoms with Gasteiger partial charge in [-0.05, 0) is 18.2 Å². The van der Waals surface area contributed by atoms with E-state index in [1.807, 2.05) is 18.3 Å². The Morgan fingerprint density at radius 3 is 2.42 bits per heavy atom. The number of nitrogens with zero attached hydrogens (tertiary/aromatic N) is 3. The Morgan fingerprint density at radius 1 is 1.23 bits per heavy atom. The average Bonchev–Trinajstić information content (AvgIpc) is 2.95. The van der Waals surface area contributed by atoms with Crippen molar-refractivity contribution in [2.24, 2.45) is 4.99 Å². The number of nitrogens with one attached hydrogen (secondary N) is 1. The second-order valence-electron chi connectivity index (χ2n) is 4.96. The van der Waals surface area contributed by atoms with Crippen LogP contribution in [0.5, 0.6) is 0 Å². The quantitative estimate of drug-likeness (QED) is 0.621. The molecule has 3 rings (SSSR count). The molecule has 138 valence electrons. The van der Waals surface area contributed by atoms with E-state index in [9.17, 15) is 0 Å². The zero-order chi connectivity index (χ0) is 19.7. The minimum absolute atomic E-state index is 0.230. The lowest BCUT2D eigenvalue weighted by Crippen LogP contribution is -2.00. The van der Waals surface area contributed by atoms with E-state index in [-0.39, 0.29) is 5.95 Å². The van der Waals surface area contributed by atoms with Crippen LogP contribution >= 0.6 is 11.6 Å². The predicted molar refractivity (Wildman–Crippen MR) is 99.1 cm³/mol. The zero-order valence-corrected chi connectivity index (χ0v) is 14.9. The molecule has 1 aliphatic rings. The SMILES string of the molecule is CC(=O)O.CC(=O)O.Nc1nccc(Nc2cc(Cl)c3c(c2)C=NC3)n1. The summed E-state index contributed by atoms with van der Waals surface area (Å²) in [6, 6.07) is 5.58. The molecule has 0 amide bonds. The number of carboxylic acids is 2. The van der Waals surface area contributed by atoms with Crippen molar-refractivity contribution in [3.05, 3.63) is 40.5 Å². The Balaban J connectivity index is 0.000000360. The Labute approximate surface area is 154 Å². The molecule has 0 saturated heterocycles. The van der Waals surface area contributed by atoms with Gasteiger partial charge in [0.1, 0.15) is 5.82 Å². The van der Waals surface area contributed by atoms with Crippen LogP contribution in [0.1, 0.15) is 25.0 Å². The van der Waals surface area contributed by atoms with Crippen molar-refractivity contribution < 1.29 is 19.8 Å². The van der Waals surface area contributed by atoms with E-state index >= 15 is 0 Å². The molecular weight excluding hydrogens is 362 g/mol. The number of hydrogen-bond donors (Lipinski definition) is 4. The van der Waals surface area contributed by atoms with Gasteiger partial charge in [-0.15, -0.1) is 0 Å². The number of benzene rings is 1. The normalized spacial score (nSPS) is 10.6. The first-order valence-corrected chi connectivity index (χ1v) is 7.63. The largest absolute Gasteiger partial charge is 0.481 e. The molecule has 0 saturated carbocycles. The number of carbonyl (C=O) groups is 2. The molecule has 2 aromatic rings. The number of nitrogen functional groups attached to an aromatic ring is 1. The van der Waals surface area contributed by atoms with E-state index in [1.165, 1.54) is 0 Å². The summed E-state index contributed by atoms with van der Waals surface area (Å²) in [6.07, 6.45) is 3.42. The highest BCUT2D eigenvalue weighted by molar-refractivity contribution is 6.32. The molecule has 9 nitrogen and oxygen atoms in total. The maximum Gasteiger partial charge on any atom is 0.300 e. The molecule has 0 aliphatic carbocycles. The number of fused-ring (bicyclic) bond motifs is 1. The number of carboxylic acid groups (broad SMARTS) is 2. The molecule has 5 N–H and O–H groups in total. The van der Waals surface area contributed by atoms with Gasteiger partial charge < -0.3 is 21.3 Å². The number of aliphatic carboxylic acids is 2. The first-order valence-electron chi connectivity index (χ1n) is 7.26. The first-order chi connectivity index (χ1) is 12.2. The third kappa shape index (κ3) is 7.58. The van der Waals surface area contributed by atoms with Crippen molar-refractivity contribution in [2.45, 2.75) is 20.4 Å². The first kappa shape index (κ1) is 20.8. The van der Waals surface area contributed by atoms with Crippen molar-refractivity contribution in [3.63, 3.8) is 0 Å². The fourth-order valence-electron chi connectivity index (χ4n) is 1.84. The minimum atomic E-state index is -0.833. The van der Waals surface area contributed by atoms with Crippen molar-refractivity contribution in [1.82, 2.24) is 9.97 Å². The smallest absolute Gasteiger partial charge is 0.300 e. The second-order valence-corrected chi connectivity index (χ2v) is 5.37. The number of aromatic nitrogens is 2. The predicted octanol–water partition coefficient (Wildman–Crippen LogP) is 2.57. The molecule has 2 heterocycles. The number of anilines is 3. The van der Waals surface area contributed by atoms with E-state index in [2.05, 4.69) is 20.3 Å². The minimum Gasteiger partial charge on any atom is -0.481 e. The molecule has 0 bridgehead atoms. The number of rotatable bonds is 2. The summed E-state index contributed by atoms with van der Waals surface area (Å²) in [5.74, 6) is -0.803. The van der Waals surface area contributed by atoms with Crippen LogP contribution in [0.25, 0.3) is 0 Å². The third-order valence-corrected chi connectivity index (χ3v) is 2.99. The molecule has 1 aromatic heterocycles. The zero-order valence-electron chi connectivity index (χ0n) is 14.1. The van der Waals surface area contributed by atoms with Gasteiger partial charge in [0, 0.05) is 48.1 Å². The number of hydrogen-bond acceptors (Lipinski definition) is 7. The molecular formula is C16H18ClN5O4. The summed E-state index contributed by atoms with van der Waals surface area (Å²) in [5, 5.41) is 18.7. The summed E-state index contributed by atoms with van der Waals surface area (Å²) < 4.78 is 0. The maximum absolute atomic E-state index is 9.00. The lowest BCUT2D eigenvalue weighted by molar-refractivity contribution is -0.135. The van der Waals surface area contributed by atoms with Crippen molar-refractivity contribution in [1.29, 1.82) is 0 Å². The van der Waals surface area contributed by atoms with Gasteiger partial charge in [0.15, 0.2) is 0 Å². The third-order valence-electron chi connectivity index (χ3n) is 2.66. The van der Waals surface area contributed by atoms with Gasteiger partial charge in [0.05, 0.1) is 6.54 Å². The van der Waals surface area contributed by atoms with Gasteiger partial charge in [-0.1, -0.05) is 11.6 Å². The standard InChI is InChI=1S/C12H10ClN5.2C2H4O2/c13-10-4-8(3-7-5-15-6-9(7)10)17-11-1-2-16-12(14)18-11;2*1-2(3)4/h1-5H,6H2,(H3,14,16,17,18);2*1H3,(H,3,4). The summed E-state index contributed by atoms with van der Waals surface area (Å²) in [7, 11) is 0. The molecule has 26 heavy (non-hydrogen) atoms. The van der Waals surface area contributed by atoms with Crippen molar-refractivity contribution in [3.8, 4) is 0 Å². The van der Waals surface area contributed by atoms with E-state index in [4.69, 9.17) is 37.1 Å². The van der Waals surface area contributed by atoms with Crippen molar-refractivity contribution in [2.75, 3.05) is 11.1 Å². The van der Waals surface area contributed by atoms with Crippen LogP contribution in [0.4, 0.5) is 17.5 Å². The van der Waals surface area contributed by atoms with Crippen LogP contribution < -0.4 is 11.1 Å². The van der Waals surface area contributed by atoms with Gasteiger partial charge in [0.25, 0.3) is 11.9 Å². The fraction of sp³-hybridized carbons (Fsp3) is 0.188. The van der Waals surface area contributed by atoms with Crippen LogP contribution in [0.15, 0.2) is 29.4 Å². The lowest BCUT2D eigenvalue weighted by Gasteiger charge is -2.08. The number of halogens is 1. The summed E-state index contributed by atoms with van der Waals surface area (Å²) in [6.45, 7) is 2.81. The Morgan fingerprint density at radius 2 is 1.85 bits per heavy atom. The van der Waals surface area contributed by atoms with Crippen LogP contribution in [-0.4, -0.2) is 38.3 Å². The molecule has 0 unspecified atom stereocenters. The highest BCUT2D eigenvalue weighted by atomic mass is 35.5. The Hall–Kier alpha value is -3.20. The van der Waals surface area contributed by atoms with E-state index < -0.39 is 11.9 Å². The summed E-state index contributed by atoms with van der Waals surface area (Å²) in [4.78, 5) is 30.1. The topological polar surface area (TPSA) is 151 Å². The summed E-state index contributed by atoms with van der Waals surface area (Å²) in [5.41, 5.74) is 8.47. The van der Waals surface area contributed by atoms with E-state index in [1.54, 1.807) is 12.3 Å². The van der Waals surface area contributed by atoms with E-state index in [0.29, 0.717) is 17.4 Å². The molecule has 0 radical (unpaired) electrons. The van der Waals surface area contributed by atoms with Gasteiger partial charge in [-0.3, -0.25) is 14.6 Å².